The van der Waals surface area contributed by atoms with Crippen LogP contribution in [-0.2, 0) is 10.9 Å². The molecule has 0 saturated heterocycles. The molecule has 1 heterocycles. The smallest absolute Gasteiger partial charge is 0.416 e. The second-order valence-corrected chi connectivity index (χ2v) is 5.23. The van der Waals surface area contributed by atoms with Crippen LogP contribution in [0.2, 0.25) is 0 Å². The Balaban J connectivity index is 2.03. The zero-order valence-electron chi connectivity index (χ0n) is 11.7. The lowest BCUT2D eigenvalue weighted by molar-refractivity contribution is -0.137. The predicted octanol–water partition coefficient (Wildman–Crippen LogP) is 3.31. The second kappa shape index (κ2) is 6.69. The van der Waals surface area contributed by atoms with Crippen LogP contribution < -0.4 is 10.9 Å². The molecule has 0 aliphatic rings. The van der Waals surface area contributed by atoms with Crippen molar-refractivity contribution in [2.75, 3.05) is 12.5 Å². The number of amides is 1. The SMILES string of the molecule is COC(=O)c1sccc1NNC(=O)c1ccc(C(F)(F)F)cc1. The summed E-state index contributed by atoms with van der Waals surface area (Å²) >= 11 is 1.12. The van der Waals surface area contributed by atoms with Crippen molar-refractivity contribution in [2.24, 2.45) is 0 Å². The van der Waals surface area contributed by atoms with E-state index >= 15 is 0 Å². The Morgan fingerprint density at radius 1 is 1.13 bits per heavy atom. The fraction of sp³-hybridized carbons (Fsp3) is 0.143. The molecule has 0 fully saturated rings. The van der Waals surface area contributed by atoms with E-state index in [1.54, 1.807) is 11.4 Å². The first-order valence-electron chi connectivity index (χ1n) is 6.22. The van der Waals surface area contributed by atoms with Gasteiger partial charge >= 0.3 is 12.1 Å². The Morgan fingerprint density at radius 3 is 2.35 bits per heavy atom. The highest BCUT2D eigenvalue weighted by Gasteiger charge is 2.30. The lowest BCUT2D eigenvalue weighted by Gasteiger charge is -2.10. The number of anilines is 1. The van der Waals surface area contributed by atoms with Crippen LogP contribution in [0.15, 0.2) is 35.7 Å². The van der Waals surface area contributed by atoms with E-state index in [9.17, 15) is 22.8 Å². The third-order valence-electron chi connectivity index (χ3n) is 2.82. The number of hydrazine groups is 1. The van der Waals surface area contributed by atoms with E-state index in [1.165, 1.54) is 7.11 Å². The van der Waals surface area contributed by atoms with Gasteiger partial charge in [0.15, 0.2) is 0 Å². The van der Waals surface area contributed by atoms with Gasteiger partial charge in [-0.1, -0.05) is 0 Å². The van der Waals surface area contributed by atoms with Crippen LogP contribution in [0.4, 0.5) is 18.9 Å². The van der Waals surface area contributed by atoms with Crippen molar-refractivity contribution in [1.29, 1.82) is 0 Å². The van der Waals surface area contributed by atoms with Crippen molar-refractivity contribution in [3.8, 4) is 0 Å². The highest BCUT2D eigenvalue weighted by molar-refractivity contribution is 7.12. The van der Waals surface area contributed by atoms with Gasteiger partial charge in [-0.3, -0.25) is 15.6 Å². The van der Waals surface area contributed by atoms with Gasteiger partial charge in [0.25, 0.3) is 5.91 Å². The molecule has 1 aromatic carbocycles. The molecule has 0 saturated carbocycles. The van der Waals surface area contributed by atoms with Gasteiger partial charge < -0.3 is 4.74 Å². The third kappa shape index (κ3) is 4.01. The molecule has 2 N–H and O–H groups in total. The molecule has 0 aliphatic heterocycles. The van der Waals surface area contributed by atoms with Gasteiger partial charge in [-0.05, 0) is 35.7 Å². The van der Waals surface area contributed by atoms with E-state index in [4.69, 9.17) is 0 Å². The van der Waals surface area contributed by atoms with Gasteiger partial charge in [-0.2, -0.15) is 13.2 Å². The number of ether oxygens (including phenoxy) is 1. The third-order valence-corrected chi connectivity index (χ3v) is 3.72. The molecule has 0 bridgehead atoms. The number of hydrogen-bond donors (Lipinski definition) is 2. The van der Waals surface area contributed by atoms with Crippen molar-refractivity contribution >= 4 is 28.9 Å². The molecule has 1 amide bonds. The Kier molecular flexibility index (Phi) is 4.89. The minimum atomic E-state index is -4.46. The summed E-state index contributed by atoms with van der Waals surface area (Å²) in [6, 6.07) is 5.33. The zero-order valence-corrected chi connectivity index (χ0v) is 12.5. The molecule has 0 aliphatic carbocycles. The minimum absolute atomic E-state index is 0.0420. The second-order valence-electron chi connectivity index (χ2n) is 4.31. The summed E-state index contributed by atoms with van der Waals surface area (Å²) in [6.07, 6.45) is -4.46. The highest BCUT2D eigenvalue weighted by atomic mass is 32.1. The lowest BCUT2D eigenvalue weighted by Crippen LogP contribution is -2.29. The van der Waals surface area contributed by atoms with E-state index in [2.05, 4.69) is 15.6 Å². The normalized spacial score (nSPS) is 11.0. The molecular weight excluding hydrogens is 333 g/mol. The highest BCUT2D eigenvalue weighted by Crippen LogP contribution is 2.29. The summed E-state index contributed by atoms with van der Waals surface area (Å²) in [5, 5.41) is 1.62. The molecule has 9 heteroatoms. The molecule has 122 valence electrons. The standard InChI is InChI=1S/C14H11F3N2O3S/c1-22-13(21)11-10(6-7-23-11)18-19-12(20)8-2-4-9(5-3-8)14(15,16)17/h2-7,18H,1H3,(H,19,20). The van der Waals surface area contributed by atoms with Crippen LogP contribution in [0.1, 0.15) is 25.6 Å². The van der Waals surface area contributed by atoms with Crippen molar-refractivity contribution < 1.29 is 27.5 Å². The Hall–Kier alpha value is -2.55. The van der Waals surface area contributed by atoms with Crippen LogP contribution in [0.3, 0.4) is 0 Å². The van der Waals surface area contributed by atoms with Gasteiger partial charge in [0.05, 0.1) is 18.4 Å². The number of carbonyl (C=O) groups excluding carboxylic acids is 2. The first-order chi connectivity index (χ1) is 10.8. The Morgan fingerprint density at radius 2 is 1.78 bits per heavy atom. The largest absolute Gasteiger partial charge is 0.465 e. The first-order valence-corrected chi connectivity index (χ1v) is 7.10. The summed E-state index contributed by atoms with van der Waals surface area (Å²) in [6.45, 7) is 0. The van der Waals surface area contributed by atoms with E-state index in [-0.39, 0.29) is 10.4 Å². The number of rotatable bonds is 4. The maximum Gasteiger partial charge on any atom is 0.416 e. The van der Waals surface area contributed by atoms with Crippen molar-refractivity contribution in [2.45, 2.75) is 6.18 Å². The number of benzene rings is 1. The number of alkyl halides is 3. The molecule has 1 aromatic heterocycles. The number of carbonyl (C=O) groups is 2. The van der Waals surface area contributed by atoms with E-state index in [1.807, 2.05) is 0 Å². The quantitative estimate of drug-likeness (QED) is 0.660. The average Bonchev–Trinajstić information content (AvgIpc) is 2.99. The number of nitrogens with one attached hydrogen (secondary N) is 2. The molecule has 0 unspecified atom stereocenters. The Bertz CT molecular complexity index is 711. The van der Waals surface area contributed by atoms with Crippen LogP contribution in [0, 0.1) is 0 Å². The maximum absolute atomic E-state index is 12.5. The molecule has 2 aromatic rings. The summed E-state index contributed by atoms with van der Waals surface area (Å²) in [7, 11) is 1.23. The lowest BCUT2D eigenvalue weighted by atomic mass is 10.1. The van der Waals surface area contributed by atoms with Gasteiger partial charge in [-0.15, -0.1) is 11.3 Å². The zero-order chi connectivity index (χ0) is 17.0. The van der Waals surface area contributed by atoms with Gasteiger partial charge in [-0.25, -0.2) is 4.79 Å². The topological polar surface area (TPSA) is 67.4 Å². The molecule has 0 atom stereocenters. The molecule has 0 spiro atoms. The fourth-order valence-electron chi connectivity index (χ4n) is 1.67. The Labute approximate surface area is 133 Å². The predicted molar refractivity (Wildman–Crippen MR) is 78.2 cm³/mol. The summed E-state index contributed by atoms with van der Waals surface area (Å²) in [5.41, 5.74) is 4.38. The van der Waals surface area contributed by atoms with Gasteiger partial charge in [0, 0.05) is 5.56 Å². The molecule has 5 nitrogen and oxygen atoms in total. The molecule has 0 radical (unpaired) electrons. The minimum Gasteiger partial charge on any atom is -0.465 e. The number of thiophene rings is 1. The first kappa shape index (κ1) is 16.8. The van der Waals surface area contributed by atoms with Crippen LogP contribution >= 0.6 is 11.3 Å². The summed E-state index contributed by atoms with van der Waals surface area (Å²) in [5.74, 6) is -1.20. The summed E-state index contributed by atoms with van der Waals surface area (Å²) < 4.78 is 41.9. The monoisotopic (exact) mass is 344 g/mol. The van der Waals surface area contributed by atoms with Gasteiger partial charge in [0.1, 0.15) is 4.88 Å². The average molecular weight is 344 g/mol. The number of methoxy groups -OCH3 is 1. The van der Waals surface area contributed by atoms with E-state index in [0.29, 0.717) is 5.69 Å². The van der Waals surface area contributed by atoms with Crippen molar-refractivity contribution in [1.82, 2.24) is 5.43 Å². The van der Waals surface area contributed by atoms with Crippen molar-refractivity contribution in [3.63, 3.8) is 0 Å². The molecular formula is C14H11F3N2O3S. The van der Waals surface area contributed by atoms with Crippen LogP contribution in [-0.4, -0.2) is 19.0 Å². The van der Waals surface area contributed by atoms with Crippen LogP contribution in [0.5, 0.6) is 0 Å². The van der Waals surface area contributed by atoms with Gasteiger partial charge in [0.2, 0.25) is 0 Å². The number of hydrogen-bond acceptors (Lipinski definition) is 5. The van der Waals surface area contributed by atoms with Crippen LogP contribution in [0.25, 0.3) is 0 Å². The maximum atomic E-state index is 12.5. The molecule has 2 rings (SSSR count). The van der Waals surface area contributed by atoms with Crippen molar-refractivity contribution in [3.05, 3.63) is 51.7 Å². The number of esters is 1. The summed E-state index contributed by atoms with van der Waals surface area (Å²) in [4.78, 5) is 23.6. The number of halogens is 3. The fourth-order valence-corrected chi connectivity index (χ4v) is 2.43. The molecule has 23 heavy (non-hydrogen) atoms. The van der Waals surface area contributed by atoms with E-state index < -0.39 is 23.6 Å². The van der Waals surface area contributed by atoms with E-state index in [0.717, 1.165) is 35.6 Å².